The van der Waals surface area contributed by atoms with E-state index < -0.39 is 0 Å². The second-order valence-corrected chi connectivity index (χ2v) is 7.98. The molecule has 158 valence electrons. The SMILES string of the molecule is Nc1ccc(C(=O)OC2CCCCC2)cc1OCC(=O)N1CCCc2ccccc21. The number of ether oxygens (including phenoxy) is 2. The van der Waals surface area contributed by atoms with Gasteiger partial charge in [0.15, 0.2) is 6.61 Å². The highest BCUT2D eigenvalue weighted by molar-refractivity contribution is 5.96. The fraction of sp³-hybridized carbons (Fsp3) is 0.417. The van der Waals surface area contributed by atoms with Crippen LogP contribution in [0.4, 0.5) is 11.4 Å². The fourth-order valence-electron chi connectivity index (χ4n) is 4.20. The second kappa shape index (κ2) is 9.20. The van der Waals surface area contributed by atoms with Gasteiger partial charge in [-0.2, -0.15) is 0 Å². The largest absolute Gasteiger partial charge is 0.482 e. The molecule has 2 aromatic rings. The molecule has 0 unspecified atom stereocenters. The minimum absolute atomic E-state index is 0.0195. The van der Waals surface area contributed by atoms with Crippen LogP contribution in [0.15, 0.2) is 42.5 Å². The normalized spacial score (nSPS) is 16.6. The summed E-state index contributed by atoms with van der Waals surface area (Å²) in [5.74, 6) is -0.175. The van der Waals surface area contributed by atoms with E-state index in [1.54, 1.807) is 23.1 Å². The molecule has 0 bridgehead atoms. The van der Waals surface area contributed by atoms with Gasteiger partial charge in [0.05, 0.1) is 11.3 Å². The number of anilines is 2. The number of nitrogens with zero attached hydrogens (tertiary/aromatic N) is 1. The molecule has 1 amide bonds. The van der Waals surface area contributed by atoms with Gasteiger partial charge >= 0.3 is 5.97 Å². The lowest BCUT2D eigenvalue weighted by Crippen LogP contribution is -2.38. The van der Waals surface area contributed by atoms with Gasteiger partial charge in [-0.15, -0.1) is 0 Å². The summed E-state index contributed by atoms with van der Waals surface area (Å²) in [6.07, 6.45) is 7.08. The zero-order valence-electron chi connectivity index (χ0n) is 17.1. The summed E-state index contributed by atoms with van der Waals surface area (Å²) in [6, 6.07) is 12.8. The number of carbonyl (C=O) groups excluding carboxylic acids is 2. The highest BCUT2D eigenvalue weighted by Gasteiger charge is 2.23. The molecule has 6 heteroatoms. The summed E-state index contributed by atoms with van der Waals surface area (Å²) in [7, 11) is 0. The van der Waals surface area contributed by atoms with Crippen LogP contribution in [0, 0.1) is 0 Å². The summed E-state index contributed by atoms with van der Waals surface area (Å²) in [4.78, 5) is 27.1. The van der Waals surface area contributed by atoms with Crippen LogP contribution in [-0.4, -0.2) is 31.1 Å². The van der Waals surface area contributed by atoms with E-state index in [1.165, 1.54) is 12.0 Å². The summed E-state index contributed by atoms with van der Waals surface area (Å²) >= 11 is 0. The second-order valence-electron chi connectivity index (χ2n) is 7.98. The lowest BCUT2D eigenvalue weighted by molar-refractivity contribution is -0.120. The monoisotopic (exact) mass is 408 g/mol. The van der Waals surface area contributed by atoms with Crippen LogP contribution in [0.25, 0.3) is 0 Å². The van der Waals surface area contributed by atoms with Gasteiger partial charge in [0.2, 0.25) is 0 Å². The first-order valence-corrected chi connectivity index (χ1v) is 10.7. The molecule has 0 aromatic heterocycles. The molecule has 1 fully saturated rings. The van der Waals surface area contributed by atoms with Crippen molar-refractivity contribution >= 4 is 23.3 Å². The topological polar surface area (TPSA) is 81.9 Å². The van der Waals surface area contributed by atoms with E-state index in [0.29, 0.717) is 23.5 Å². The molecule has 1 aliphatic carbocycles. The van der Waals surface area contributed by atoms with E-state index in [0.717, 1.165) is 44.2 Å². The molecule has 2 aliphatic rings. The van der Waals surface area contributed by atoms with Crippen molar-refractivity contribution in [3.8, 4) is 5.75 Å². The Bertz CT molecular complexity index is 921. The quantitative estimate of drug-likeness (QED) is 0.595. The first-order chi connectivity index (χ1) is 14.6. The number of carbonyl (C=O) groups is 2. The number of esters is 1. The highest BCUT2D eigenvalue weighted by atomic mass is 16.5. The summed E-state index contributed by atoms with van der Waals surface area (Å²) in [6.45, 7) is 0.530. The average Bonchev–Trinajstić information content (AvgIpc) is 2.78. The minimum Gasteiger partial charge on any atom is -0.482 e. The number of rotatable bonds is 5. The number of amides is 1. The Balaban J connectivity index is 1.40. The lowest BCUT2D eigenvalue weighted by atomic mass is 9.98. The van der Waals surface area contributed by atoms with Crippen molar-refractivity contribution < 1.29 is 19.1 Å². The number of nitrogen functional groups attached to an aromatic ring is 1. The Morgan fingerprint density at radius 1 is 1.03 bits per heavy atom. The molecule has 4 rings (SSSR count). The number of hydrogen-bond donors (Lipinski definition) is 1. The molecule has 0 saturated heterocycles. The van der Waals surface area contributed by atoms with Gasteiger partial charge in [0.25, 0.3) is 5.91 Å². The van der Waals surface area contributed by atoms with Crippen molar-refractivity contribution in [2.24, 2.45) is 0 Å². The highest BCUT2D eigenvalue weighted by Crippen LogP contribution is 2.28. The van der Waals surface area contributed by atoms with E-state index in [9.17, 15) is 9.59 Å². The summed E-state index contributed by atoms with van der Waals surface area (Å²) in [5, 5.41) is 0. The molecular weight excluding hydrogens is 380 g/mol. The van der Waals surface area contributed by atoms with Crippen molar-refractivity contribution in [1.29, 1.82) is 0 Å². The fourth-order valence-corrected chi connectivity index (χ4v) is 4.20. The molecule has 1 aliphatic heterocycles. The number of para-hydroxylation sites is 1. The maximum atomic E-state index is 12.8. The van der Waals surface area contributed by atoms with Gasteiger partial charge in [-0.3, -0.25) is 4.79 Å². The zero-order valence-corrected chi connectivity index (χ0v) is 17.1. The van der Waals surface area contributed by atoms with Crippen molar-refractivity contribution in [2.45, 2.75) is 51.0 Å². The Morgan fingerprint density at radius 3 is 2.67 bits per heavy atom. The number of hydrogen-bond acceptors (Lipinski definition) is 5. The van der Waals surface area contributed by atoms with Gasteiger partial charge in [-0.05, 0) is 68.4 Å². The van der Waals surface area contributed by atoms with E-state index in [1.807, 2.05) is 18.2 Å². The third-order valence-corrected chi connectivity index (χ3v) is 5.84. The predicted molar refractivity (Wildman–Crippen MR) is 116 cm³/mol. The molecule has 30 heavy (non-hydrogen) atoms. The summed E-state index contributed by atoms with van der Waals surface area (Å²) < 4.78 is 11.3. The molecule has 1 saturated carbocycles. The van der Waals surface area contributed by atoms with Crippen molar-refractivity contribution in [3.05, 3.63) is 53.6 Å². The first-order valence-electron chi connectivity index (χ1n) is 10.7. The van der Waals surface area contributed by atoms with Crippen molar-refractivity contribution in [3.63, 3.8) is 0 Å². The molecule has 6 nitrogen and oxygen atoms in total. The minimum atomic E-state index is -0.372. The molecule has 2 N–H and O–H groups in total. The average molecular weight is 408 g/mol. The van der Waals surface area contributed by atoms with Gasteiger partial charge in [0.1, 0.15) is 11.9 Å². The Hall–Kier alpha value is -3.02. The molecule has 0 radical (unpaired) electrons. The maximum Gasteiger partial charge on any atom is 0.338 e. The lowest BCUT2D eigenvalue weighted by Gasteiger charge is -2.29. The van der Waals surface area contributed by atoms with Crippen LogP contribution in [0.1, 0.15) is 54.4 Å². The van der Waals surface area contributed by atoms with Crippen LogP contribution >= 0.6 is 0 Å². The van der Waals surface area contributed by atoms with Gasteiger partial charge in [-0.25, -0.2) is 4.79 Å². The molecule has 2 aromatic carbocycles. The zero-order chi connectivity index (χ0) is 20.9. The molecule has 0 spiro atoms. The predicted octanol–water partition coefficient (Wildman–Crippen LogP) is 4.12. The Labute approximate surface area is 177 Å². The molecular formula is C24H28N2O4. The van der Waals surface area contributed by atoms with E-state index in [2.05, 4.69) is 6.07 Å². The van der Waals surface area contributed by atoms with Gasteiger partial charge in [-0.1, -0.05) is 24.6 Å². The standard InChI is InChI=1S/C24H28N2O4/c25-20-13-12-18(24(28)30-19-9-2-1-3-10-19)15-22(20)29-16-23(27)26-14-6-8-17-7-4-5-11-21(17)26/h4-5,7,11-13,15,19H,1-3,6,8-10,14,16,25H2. The van der Waals surface area contributed by atoms with Crippen molar-refractivity contribution in [1.82, 2.24) is 0 Å². The van der Waals surface area contributed by atoms with E-state index in [-0.39, 0.29) is 24.6 Å². The third kappa shape index (κ3) is 4.58. The van der Waals surface area contributed by atoms with Crippen LogP contribution in [0.2, 0.25) is 0 Å². The van der Waals surface area contributed by atoms with Crippen LogP contribution in [0.3, 0.4) is 0 Å². The molecule has 0 atom stereocenters. The Kier molecular flexibility index (Phi) is 6.21. The van der Waals surface area contributed by atoms with E-state index in [4.69, 9.17) is 15.2 Å². The smallest absolute Gasteiger partial charge is 0.338 e. The van der Waals surface area contributed by atoms with Crippen LogP contribution < -0.4 is 15.4 Å². The van der Waals surface area contributed by atoms with E-state index >= 15 is 0 Å². The molecule has 1 heterocycles. The third-order valence-electron chi connectivity index (χ3n) is 5.84. The maximum absolute atomic E-state index is 12.8. The van der Waals surface area contributed by atoms with Crippen molar-refractivity contribution in [2.75, 3.05) is 23.8 Å². The van der Waals surface area contributed by atoms with Crippen LogP contribution in [-0.2, 0) is 16.0 Å². The van der Waals surface area contributed by atoms with Crippen LogP contribution in [0.5, 0.6) is 5.75 Å². The first kappa shape index (κ1) is 20.3. The van der Waals surface area contributed by atoms with Gasteiger partial charge in [0, 0.05) is 12.2 Å². The number of fused-ring (bicyclic) bond motifs is 1. The number of nitrogens with two attached hydrogens (primary N) is 1. The Morgan fingerprint density at radius 2 is 1.83 bits per heavy atom. The van der Waals surface area contributed by atoms with Gasteiger partial charge < -0.3 is 20.1 Å². The number of aryl methyl sites for hydroxylation is 1. The summed E-state index contributed by atoms with van der Waals surface area (Å²) in [5.41, 5.74) is 8.90. The number of benzene rings is 2.